The number of carbonyl (C=O) groups excluding carboxylic acids is 1. The standard InChI is InChI=1S/C20H27N5O/c1-2-3-4-12-21-19(26)18-11-13-22-20(24-18)23-16-7-9-17(10-8-16)25-14-5-6-15-25/h7-11,13H,2-6,12,14-15H2,1H3,(H,21,26)(H,22,23,24). The van der Waals surface area contributed by atoms with Crippen LogP contribution in [0.2, 0.25) is 0 Å². The quantitative estimate of drug-likeness (QED) is 0.708. The van der Waals surface area contributed by atoms with Crippen LogP contribution in [0.4, 0.5) is 17.3 Å². The summed E-state index contributed by atoms with van der Waals surface area (Å²) in [4.78, 5) is 23.1. The minimum absolute atomic E-state index is 0.157. The Morgan fingerprint density at radius 1 is 1.12 bits per heavy atom. The Hall–Kier alpha value is -2.63. The average Bonchev–Trinajstić information content (AvgIpc) is 3.21. The fourth-order valence-electron chi connectivity index (χ4n) is 3.07. The summed E-state index contributed by atoms with van der Waals surface area (Å²) in [6.45, 7) is 5.08. The van der Waals surface area contributed by atoms with Gasteiger partial charge in [0.25, 0.3) is 5.91 Å². The maximum absolute atomic E-state index is 12.2. The zero-order chi connectivity index (χ0) is 18.2. The van der Waals surface area contributed by atoms with Crippen LogP contribution >= 0.6 is 0 Å². The highest BCUT2D eigenvalue weighted by Gasteiger charge is 2.12. The highest BCUT2D eigenvalue weighted by atomic mass is 16.1. The molecule has 138 valence electrons. The van der Waals surface area contributed by atoms with Crippen molar-refractivity contribution in [3.63, 3.8) is 0 Å². The van der Waals surface area contributed by atoms with Gasteiger partial charge in [-0.2, -0.15) is 0 Å². The van der Waals surface area contributed by atoms with Crippen LogP contribution in [-0.2, 0) is 0 Å². The number of hydrogen-bond acceptors (Lipinski definition) is 5. The third-order valence-corrected chi connectivity index (χ3v) is 4.55. The molecule has 6 heteroatoms. The molecule has 2 N–H and O–H groups in total. The summed E-state index contributed by atoms with van der Waals surface area (Å²) in [6.07, 6.45) is 7.37. The van der Waals surface area contributed by atoms with Crippen molar-refractivity contribution in [2.24, 2.45) is 0 Å². The molecular formula is C20H27N5O. The van der Waals surface area contributed by atoms with Gasteiger partial charge < -0.3 is 15.5 Å². The summed E-state index contributed by atoms with van der Waals surface area (Å²) in [5, 5.41) is 6.07. The van der Waals surface area contributed by atoms with Crippen molar-refractivity contribution in [2.45, 2.75) is 39.0 Å². The molecule has 0 aliphatic carbocycles. The molecule has 6 nitrogen and oxygen atoms in total. The molecule has 2 heterocycles. The fraction of sp³-hybridized carbons (Fsp3) is 0.450. The molecule has 3 rings (SSSR count). The van der Waals surface area contributed by atoms with Gasteiger partial charge in [0.1, 0.15) is 5.69 Å². The summed E-state index contributed by atoms with van der Waals surface area (Å²) in [7, 11) is 0. The maximum atomic E-state index is 12.2. The Morgan fingerprint density at radius 3 is 2.62 bits per heavy atom. The number of amides is 1. The van der Waals surface area contributed by atoms with E-state index in [1.165, 1.54) is 18.5 Å². The summed E-state index contributed by atoms with van der Waals surface area (Å²) in [5.41, 5.74) is 2.54. The van der Waals surface area contributed by atoms with Gasteiger partial charge in [-0.05, 0) is 49.6 Å². The lowest BCUT2D eigenvalue weighted by Gasteiger charge is -2.17. The van der Waals surface area contributed by atoms with Gasteiger partial charge in [0, 0.05) is 37.2 Å². The van der Waals surface area contributed by atoms with Crippen LogP contribution in [0, 0.1) is 0 Å². The molecule has 0 saturated carbocycles. The molecule has 1 aliphatic rings. The average molecular weight is 353 g/mol. The van der Waals surface area contributed by atoms with E-state index < -0.39 is 0 Å². The van der Waals surface area contributed by atoms with Gasteiger partial charge in [0.15, 0.2) is 0 Å². The lowest BCUT2D eigenvalue weighted by Crippen LogP contribution is -2.25. The number of aromatic nitrogens is 2. The molecule has 1 saturated heterocycles. The molecule has 0 bridgehead atoms. The number of nitrogens with one attached hydrogen (secondary N) is 2. The highest BCUT2D eigenvalue weighted by Crippen LogP contribution is 2.23. The Balaban J connectivity index is 1.58. The Morgan fingerprint density at radius 2 is 1.88 bits per heavy atom. The van der Waals surface area contributed by atoms with Gasteiger partial charge in [-0.3, -0.25) is 4.79 Å². The van der Waals surface area contributed by atoms with Gasteiger partial charge in [-0.15, -0.1) is 0 Å². The van der Waals surface area contributed by atoms with Crippen molar-refractivity contribution in [2.75, 3.05) is 29.9 Å². The van der Waals surface area contributed by atoms with Gasteiger partial charge in [0.2, 0.25) is 5.95 Å². The van der Waals surface area contributed by atoms with E-state index in [0.29, 0.717) is 18.2 Å². The second-order valence-corrected chi connectivity index (χ2v) is 6.59. The first-order valence-corrected chi connectivity index (χ1v) is 9.49. The summed E-state index contributed by atoms with van der Waals surface area (Å²) >= 11 is 0. The van der Waals surface area contributed by atoms with E-state index in [1.807, 2.05) is 12.1 Å². The van der Waals surface area contributed by atoms with Crippen molar-refractivity contribution >= 4 is 23.2 Å². The first-order valence-electron chi connectivity index (χ1n) is 9.49. The van der Waals surface area contributed by atoms with E-state index in [2.05, 4.69) is 44.6 Å². The van der Waals surface area contributed by atoms with Crippen LogP contribution in [0.5, 0.6) is 0 Å². The van der Waals surface area contributed by atoms with Gasteiger partial charge >= 0.3 is 0 Å². The SMILES string of the molecule is CCCCCNC(=O)c1ccnc(Nc2ccc(N3CCCC3)cc2)n1. The van der Waals surface area contributed by atoms with Crippen LogP contribution < -0.4 is 15.5 Å². The van der Waals surface area contributed by atoms with Crippen LogP contribution in [-0.4, -0.2) is 35.5 Å². The van der Waals surface area contributed by atoms with Crippen LogP contribution in [0.3, 0.4) is 0 Å². The maximum Gasteiger partial charge on any atom is 0.270 e. The lowest BCUT2D eigenvalue weighted by molar-refractivity contribution is 0.0948. The van der Waals surface area contributed by atoms with Crippen molar-refractivity contribution in [3.05, 3.63) is 42.2 Å². The summed E-state index contributed by atoms with van der Waals surface area (Å²) in [5.74, 6) is 0.274. The fourth-order valence-corrected chi connectivity index (χ4v) is 3.07. The van der Waals surface area contributed by atoms with E-state index >= 15 is 0 Å². The van der Waals surface area contributed by atoms with E-state index in [9.17, 15) is 4.79 Å². The number of rotatable bonds is 8. The zero-order valence-corrected chi connectivity index (χ0v) is 15.4. The molecular weight excluding hydrogens is 326 g/mol. The van der Waals surface area contributed by atoms with Crippen LogP contribution in [0.15, 0.2) is 36.5 Å². The number of nitrogens with zero attached hydrogens (tertiary/aromatic N) is 3. The Kier molecular flexibility index (Phi) is 6.41. The minimum atomic E-state index is -0.157. The van der Waals surface area contributed by atoms with E-state index in [4.69, 9.17) is 0 Å². The first-order chi connectivity index (χ1) is 12.8. The molecule has 1 aromatic heterocycles. The smallest absolute Gasteiger partial charge is 0.270 e. The molecule has 26 heavy (non-hydrogen) atoms. The van der Waals surface area contributed by atoms with E-state index in [-0.39, 0.29) is 5.91 Å². The third-order valence-electron chi connectivity index (χ3n) is 4.55. The zero-order valence-electron chi connectivity index (χ0n) is 15.4. The molecule has 1 fully saturated rings. The van der Waals surface area contributed by atoms with E-state index in [0.717, 1.165) is 38.0 Å². The first kappa shape index (κ1) is 18.2. The van der Waals surface area contributed by atoms with Crippen molar-refractivity contribution in [1.29, 1.82) is 0 Å². The van der Waals surface area contributed by atoms with Crippen molar-refractivity contribution in [3.8, 4) is 0 Å². The summed E-state index contributed by atoms with van der Waals surface area (Å²) < 4.78 is 0. The van der Waals surface area contributed by atoms with Gasteiger partial charge in [-0.1, -0.05) is 19.8 Å². The van der Waals surface area contributed by atoms with Crippen LogP contribution in [0.1, 0.15) is 49.5 Å². The molecule has 0 unspecified atom stereocenters. The summed E-state index contributed by atoms with van der Waals surface area (Å²) in [6, 6.07) is 9.90. The second kappa shape index (κ2) is 9.17. The normalized spacial score (nSPS) is 13.7. The molecule has 1 aromatic carbocycles. The molecule has 1 aliphatic heterocycles. The van der Waals surface area contributed by atoms with Crippen molar-refractivity contribution in [1.82, 2.24) is 15.3 Å². The second-order valence-electron chi connectivity index (χ2n) is 6.59. The molecule has 0 atom stereocenters. The molecule has 0 spiro atoms. The van der Waals surface area contributed by atoms with Gasteiger partial charge in [-0.25, -0.2) is 9.97 Å². The number of benzene rings is 1. The van der Waals surface area contributed by atoms with Gasteiger partial charge in [0.05, 0.1) is 0 Å². The topological polar surface area (TPSA) is 70.2 Å². The lowest BCUT2D eigenvalue weighted by atomic mass is 10.2. The highest BCUT2D eigenvalue weighted by molar-refractivity contribution is 5.92. The molecule has 1 amide bonds. The van der Waals surface area contributed by atoms with Crippen molar-refractivity contribution < 1.29 is 4.79 Å². The Bertz CT molecular complexity index is 710. The Labute approximate surface area is 155 Å². The number of carbonyl (C=O) groups is 1. The number of hydrogen-bond donors (Lipinski definition) is 2. The van der Waals surface area contributed by atoms with Crippen LogP contribution in [0.25, 0.3) is 0 Å². The molecule has 0 radical (unpaired) electrons. The largest absolute Gasteiger partial charge is 0.372 e. The monoisotopic (exact) mass is 353 g/mol. The third kappa shape index (κ3) is 4.94. The molecule has 2 aromatic rings. The minimum Gasteiger partial charge on any atom is -0.372 e. The number of anilines is 3. The number of unbranched alkanes of at least 4 members (excludes halogenated alkanes) is 2. The predicted molar refractivity (Wildman–Crippen MR) is 105 cm³/mol. The van der Waals surface area contributed by atoms with E-state index in [1.54, 1.807) is 12.3 Å². The predicted octanol–water partition coefficient (Wildman–Crippen LogP) is 3.74.